The van der Waals surface area contributed by atoms with Crippen LogP contribution in [0.5, 0.6) is 0 Å². The monoisotopic (exact) mass is 437 g/mol. The molecular weight excluding hydrogens is 418 g/mol. The Hall–Kier alpha value is -3.14. The molecule has 4 atom stereocenters. The standard InChI is InChI=1S/C22H19N3O5S/c23-31(29,30)15-8-4-5-13(11-15)12-24-16-9-10-17(26)20(24)19-18(16)21(27)25(22(19)28)14-6-2-1-3-7-14/h1-11,16,18-20H,12H2,(H2,23,29,30)/t16?,18-,19-,20+/m0/s1. The van der Waals surface area contributed by atoms with Gasteiger partial charge in [-0.3, -0.25) is 19.3 Å². The van der Waals surface area contributed by atoms with E-state index in [4.69, 9.17) is 5.14 Å². The van der Waals surface area contributed by atoms with Gasteiger partial charge in [0.1, 0.15) is 0 Å². The van der Waals surface area contributed by atoms with Crippen molar-refractivity contribution in [3.8, 4) is 0 Å². The molecular formula is C22H19N3O5S. The Kier molecular flexibility index (Phi) is 4.44. The fourth-order valence-corrected chi connectivity index (χ4v) is 5.52. The van der Waals surface area contributed by atoms with Crippen molar-refractivity contribution in [1.29, 1.82) is 0 Å². The number of benzene rings is 2. The van der Waals surface area contributed by atoms with Gasteiger partial charge in [0.05, 0.1) is 28.5 Å². The van der Waals surface area contributed by atoms with Crippen molar-refractivity contribution in [2.24, 2.45) is 17.0 Å². The third-order valence-electron chi connectivity index (χ3n) is 6.20. The van der Waals surface area contributed by atoms with Crippen LogP contribution in [-0.4, -0.2) is 43.0 Å². The van der Waals surface area contributed by atoms with Crippen LogP contribution >= 0.6 is 0 Å². The Bertz CT molecular complexity index is 1240. The first-order chi connectivity index (χ1) is 14.8. The molecule has 5 rings (SSSR count). The number of sulfonamides is 1. The van der Waals surface area contributed by atoms with Gasteiger partial charge in [-0.1, -0.05) is 36.4 Å². The van der Waals surface area contributed by atoms with Crippen LogP contribution in [0.15, 0.2) is 71.6 Å². The van der Waals surface area contributed by atoms with Gasteiger partial charge in [0.2, 0.25) is 21.8 Å². The number of hydrogen-bond donors (Lipinski definition) is 1. The number of fused-ring (bicyclic) bond motifs is 5. The highest BCUT2D eigenvalue weighted by atomic mass is 32.2. The van der Waals surface area contributed by atoms with Gasteiger partial charge in [-0.2, -0.15) is 0 Å². The Labute approximate surface area is 179 Å². The second kappa shape index (κ2) is 6.94. The Morgan fingerprint density at radius 1 is 0.903 bits per heavy atom. The molecule has 1 unspecified atom stereocenters. The molecule has 2 bridgehead atoms. The van der Waals surface area contributed by atoms with Crippen LogP contribution in [0.25, 0.3) is 0 Å². The van der Waals surface area contributed by atoms with Gasteiger partial charge < -0.3 is 0 Å². The lowest BCUT2D eigenvalue weighted by Crippen LogP contribution is -2.48. The number of anilines is 1. The number of imide groups is 1. The fraction of sp³-hybridized carbons (Fsp3) is 0.227. The smallest absolute Gasteiger partial charge is 0.239 e. The minimum atomic E-state index is -3.87. The predicted octanol–water partition coefficient (Wildman–Crippen LogP) is 0.831. The van der Waals surface area contributed by atoms with Crippen LogP contribution in [0, 0.1) is 11.8 Å². The van der Waals surface area contributed by atoms with Crippen LogP contribution in [-0.2, 0) is 31.0 Å². The molecule has 2 fully saturated rings. The maximum atomic E-state index is 13.3. The summed E-state index contributed by atoms with van der Waals surface area (Å²) >= 11 is 0. The summed E-state index contributed by atoms with van der Waals surface area (Å²) in [7, 11) is -3.87. The molecule has 0 saturated carbocycles. The molecule has 158 valence electrons. The Balaban J connectivity index is 1.50. The molecule has 2 amide bonds. The molecule has 0 spiro atoms. The topological polar surface area (TPSA) is 118 Å². The van der Waals surface area contributed by atoms with Gasteiger partial charge in [-0.15, -0.1) is 0 Å². The van der Waals surface area contributed by atoms with Crippen molar-refractivity contribution in [2.75, 3.05) is 4.90 Å². The quantitative estimate of drug-likeness (QED) is 0.708. The largest absolute Gasteiger partial charge is 0.293 e. The Morgan fingerprint density at radius 2 is 1.61 bits per heavy atom. The first-order valence-corrected chi connectivity index (χ1v) is 11.3. The molecule has 2 saturated heterocycles. The first-order valence-electron chi connectivity index (χ1n) is 9.80. The number of hydrogen-bond acceptors (Lipinski definition) is 6. The lowest BCUT2D eigenvalue weighted by molar-refractivity contribution is -0.129. The van der Waals surface area contributed by atoms with Crippen molar-refractivity contribution in [3.63, 3.8) is 0 Å². The highest BCUT2D eigenvalue weighted by molar-refractivity contribution is 7.89. The summed E-state index contributed by atoms with van der Waals surface area (Å²) in [4.78, 5) is 42.3. The van der Waals surface area contributed by atoms with E-state index < -0.39 is 33.9 Å². The maximum Gasteiger partial charge on any atom is 0.239 e. The normalized spacial score (nSPS) is 27.8. The second-order valence-electron chi connectivity index (χ2n) is 7.96. The molecule has 2 N–H and O–H groups in total. The van der Waals surface area contributed by atoms with Crippen molar-refractivity contribution >= 4 is 33.3 Å². The van der Waals surface area contributed by atoms with Crippen LogP contribution in [0.1, 0.15) is 5.56 Å². The van der Waals surface area contributed by atoms with Crippen molar-refractivity contribution in [2.45, 2.75) is 23.5 Å². The van der Waals surface area contributed by atoms with Gasteiger partial charge in [-0.25, -0.2) is 18.5 Å². The van der Waals surface area contributed by atoms with E-state index in [2.05, 4.69) is 0 Å². The molecule has 3 heterocycles. The van der Waals surface area contributed by atoms with Crippen molar-refractivity contribution < 1.29 is 22.8 Å². The van der Waals surface area contributed by atoms with Gasteiger partial charge in [-0.05, 0) is 35.9 Å². The molecule has 31 heavy (non-hydrogen) atoms. The number of carbonyl (C=O) groups is 3. The van der Waals surface area contributed by atoms with Gasteiger partial charge in [0.25, 0.3) is 0 Å². The lowest BCUT2D eigenvalue weighted by atomic mass is 9.90. The second-order valence-corrected chi connectivity index (χ2v) is 9.52. The summed E-state index contributed by atoms with van der Waals surface area (Å²) in [6, 6.07) is 13.6. The van der Waals surface area contributed by atoms with Crippen LogP contribution < -0.4 is 10.0 Å². The van der Waals surface area contributed by atoms with E-state index in [1.165, 1.54) is 23.1 Å². The Morgan fingerprint density at radius 3 is 2.32 bits per heavy atom. The number of ketones is 1. The average Bonchev–Trinajstić information content (AvgIpc) is 3.12. The fourth-order valence-electron chi connectivity index (χ4n) is 4.93. The molecule has 2 aromatic rings. The number of rotatable bonds is 4. The molecule has 0 aromatic heterocycles. The van der Waals surface area contributed by atoms with E-state index in [1.807, 2.05) is 4.90 Å². The zero-order valence-electron chi connectivity index (χ0n) is 16.3. The summed E-state index contributed by atoms with van der Waals surface area (Å²) in [6.45, 7) is 0.216. The minimum Gasteiger partial charge on any atom is -0.293 e. The van der Waals surface area contributed by atoms with Gasteiger partial charge in [0.15, 0.2) is 5.78 Å². The zero-order valence-corrected chi connectivity index (χ0v) is 17.1. The number of para-hydroxylation sites is 1. The zero-order chi connectivity index (χ0) is 21.9. The molecule has 3 aliphatic heterocycles. The van der Waals surface area contributed by atoms with Crippen LogP contribution in [0.3, 0.4) is 0 Å². The van der Waals surface area contributed by atoms with E-state index in [-0.39, 0.29) is 29.0 Å². The SMILES string of the molecule is NS(=O)(=O)c1cccc(CN2C3C=CC(=O)[C@@H]2[C@H]2C(=O)N(c4ccccc4)C(=O)[C@@H]32)c1. The molecule has 8 nitrogen and oxygen atoms in total. The van der Waals surface area contributed by atoms with E-state index in [9.17, 15) is 22.8 Å². The highest BCUT2D eigenvalue weighted by Crippen LogP contribution is 2.47. The predicted molar refractivity (Wildman–Crippen MR) is 111 cm³/mol. The third-order valence-corrected chi connectivity index (χ3v) is 7.11. The van der Waals surface area contributed by atoms with E-state index >= 15 is 0 Å². The van der Waals surface area contributed by atoms with Gasteiger partial charge >= 0.3 is 0 Å². The lowest BCUT2D eigenvalue weighted by Gasteiger charge is -2.33. The van der Waals surface area contributed by atoms with E-state index in [1.54, 1.807) is 48.5 Å². The molecule has 9 heteroatoms. The van der Waals surface area contributed by atoms with Gasteiger partial charge in [0, 0.05) is 12.6 Å². The average molecular weight is 437 g/mol. The maximum absolute atomic E-state index is 13.3. The summed E-state index contributed by atoms with van der Waals surface area (Å²) < 4.78 is 23.4. The van der Waals surface area contributed by atoms with Crippen molar-refractivity contribution in [1.82, 2.24) is 4.90 Å². The first kappa shape index (κ1) is 19.8. The number of amides is 2. The molecule has 3 aliphatic rings. The summed E-state index contributed by atoms with van der Waals surface area (Å²) in [6.07, 6.45) is 3.12. The minimum absolute atomic E-state index is 0.0289. The highest BCUT2D eigenvalue weighted by Gasteiger charge is 2.64. The molecule has 0 aliphatic carbocycles. The summed E-state index contributed by atoms with van der Waals surface area (Å²) in [5.74, 6) is -2.38. The molecule has 2 aromatic carbocycles. The third kappa shape index (κ3) is 3.04. The van der Waals surface area contributed by atoms with Crippen LogP contribution in [0.4, 0.5) is 5.69 Å². The molecule has 0 radical (unpaired) electrons. The number of primary sulfonamides is 1. The van der Waals surface area contributed by atoms with E-state index in [0.29, 0.717) is 11.3 Å². The van der Waals surface area contributed by atoms with Crippen LogP contribution in [0.2, 0.25) is 0 Å². The number of carbonyl (C=O) groups excluding carboxylic acids is 3. The summed E-state index contributed by atoms with van der Waals surface area (Å²) in [5.41, 5.74) is 1.12. The summed E-state index contributed by atoms with van der Waals surface area (Å²) in [5, 5.41) is 5.23. The number of nitrogens with zero attached hydrogens (tertiary/aromatic N) is 2. The number of nitrogens with two attached hydrogens (primary N) is 1. The van der Waals surface area contributed by atoms with E-state index in [0.717, 1.165) is 0 Å². The van der Waals surface area contributed by atoms with Crippen molar-refractivity contribution in [3.05, 3.63) is 72.3 Å².